The second kappa shape index (κ2) is 13.9. The van der Waals surface area contributed by atoms with Crippen molar-refractivity contribution in [2.45, 2.75) is 32.4 Å². The summed E-state index contributed by atoms with van der Waals surface area (Å²) in [6.07, 6.45) is 1.18. The number of carbonyl (C=O) groups is 2. The molecule has 6 nitrogen and oxygen atoms in total. The molecule has 2 aromatic carbocycles. The van der Waals surface area contributed by atoms with Crippen LogP contribution in [0.1, 0.15) is 40.0 Å². The predicted octanol–water partition coefficient (Wildman–Crippen LogP) is 5.53. The van der Waals surface area contributed by atoms with Gasteiger partial charge in [-0.1, -0.05) is 83.9 Å². The molecule has 8 heteroatoms. The average molecular weight is 535 g/mol. The summed E-state index contributed by atoms with van der Waals surface area (Å²) in [6, 6.07) is 14.0. The number of hydrogen-bond donors (Lipinski definition) is 0. The number of unbranched alkanes of at least 4 members (excludes halogenated alkanes) is 1. The van der Waals surface area contributed by atoms with Crippen molar-refractivity contribution in [3.8, 4) is 0 Å². The number of benzene rings is 2. The van der Waals surface area contributed by atoms with E-state index in [1.165, 1.54) is 0 Å². The predicted molar refractivity (Wildman–Crippen MR) is 152 cm³/mol. The summed E-state index contributed by atoms with van der Waals surface area (Å²) in [5, 5.41) is 2.11. The molecule has 0 heterocycles. The Labute approximate surface area is 221 Å². The SMILES string of the molecule is [CH2]CCC[C](OOC(=O)c1ccc([Si](C)(C=C)C=C)cc1)OOC(=O)c1ccc([Si](C)(C=C)C=C)cc1. The lowest BCUT2D eigenvalue weighted by Gasteiger charge is -2.19. The van der Waals surface area contributed by atoms with Crippen LogP contribution in [0.4, 0.5) is 0 Å². The van der Waals surface area contributed by atoms with Gasteiger partial charge in [-0.05, 0) is 30.7 Å². The third kappa shape index (κ3) is 7.84. The van der Waals surface area contributed by atoms with Crippen molar-refractivity contribution in [3.05, 3.63) is 122 Å². The zero-order chi connectivity index (χ0) is 27.5. The van der Waals surface area contributed by atoms with Gasteiger partial charge in [-0.3, -0.25) is 9.78 Å². The molecule has 0 amide bonds. The van der Waals surface area contributed by atoms with E-state index in [0.717, 1.165) is 10.4 Å². The summed E-state index contributed by atoms with van der Waals surface area (Å²) in [7, 11) is -3.98. The van der Waals surface area contributed by atoms with Crippen LogP contribution >= 0.6 is 0 Å². The fraction of sp³-hybridized carbons (Fsp3) is 0.172. The van der Waals surface area contributed by atoms with Gasteiger partial charge in [0.05, 0.1) is 11.1 Å². The molecule has 37 heavy (non-hydrogen) atoms. The summed E-state index contributed by atoms with van der Waals surface area (Å²) < 4.78 is 0. The Balaban J connectivity index is 1.99. The maximum Gasteiger partial charge on any atom is 0.373 e. The monoisotopic (exact) mass is 534 g/mol. The van der Waals surface area contributed by atoms with Gasteiger partial charge in [0.2, 0.25) is 0 Å². The van der Waals surface area contributed by atoms with Gasteiger partial charge in [0.25, 0.3) is 0 Å². The molecule has 2 aromatic rings. The zero-order valence-corrected chi connectivity index (χ0v) is 23.5. The van der Waals surface area contributed by atoms with Gasteiger partial charge in [-0.15, -0.1) is 36.1 Å². The highest BCUT2D eigenvalue weighted by atomic mass is 28.3. The van der Waals surface area contributed by atoms with Crippen LogP contribution in [0.15, 0.2) is 97.6 Å². The maximum absolute atomic E-state index is 12.5. The third-order valence-electron chi connectivity index (χ3n) is 6.23. The van der Waals surface area contributed by atoms with Crippen molar-refractivity contribution in [3.63, 3.8) is 0 Å². The van der Waals surface area contributed by atoms with E-state index in [1.54, 1.807) is 24.3 Å². The molecular weight excluding hydrogens is 500 g/mol. The Morgan fingerprint density at radius 2 is 1.03 bits per heavy atom. The highest BCUT2D eigenvalue weighted by Crippen LogP contribution is 2.18. The third-order valence-corrected chi connectivity index (χ3v) is 12.8. The van der Waals surface area contributed by atoms with E-state index in [9.17, 15) is 9.59 Å². The summed E-state index contributed by atoms with van der Waals surface area (Å²) in [5.41, 5.74) is 8.22. The van der Waals surface area contributed by atoms with E-state index in [1.807, 2.05) is 47.1 Å². The van der Waals surface area contributed by atoms with E-state index in [4.69, 9.17) is 19.6 Å². The average Bonchev–Trinajstić information content (AvgIpc) is 2.95. The molecule has 0 aliphatic rings. The normalized spacial score (nSPS) is 11.5. The quantitative estimate of drug-likeness (QED) is 0.170. The summed E-state index contributed by atoms with van der Waals surface area (Å²) in [4.78, 5) is 44.9. The Morgan fingerprint density at radius 3 is 1.32 bits per heavy atom. The zero-order valence-electron chi connectivity index (χ0n) is 21.5. The largest absolute Gasteiger partial charge is 0.373 e. The van der Waals surface area contributed by atoms with E-state index in [0.29, 0.717) is 12.8 Å². The summed E-state index contributed by atoms with van der Waals surface area (Å²) in [5.74, 6) is -1.44. The Bertz CT molecular complexity index is 1010. The lowest BCUT2D eigenvalue weighted by Crippen LogP contribution is -2.40. The molecular formula is C29H34O6Si2. The lowest BCUT2D eigenvalue weighted by molar-refractivity contribution is -0.363. The number of rotatable bonds is 15. The molecule has 194 valence electrons. The fourth-order valence-corrected chi connectivity index (χ4v) is 6.25. The van der Waals surface area contributed by atoms with Crippen LogP contribution in [0.5, 0.6) is 0 Å². The number of hydrogen-bond acceptors (Lipinski definition) is 6. The molecule has 0 unspecified atom stereocenters. The molecule has 0 saturated carbocycles. The molecule has 0 bridgehead atoms. The number of carbonyl (C=O) groups excluding carboxylic acids is 2. The summed E-state index contributed by atoms with van der Waals surface area (Å²) in [6.45, 7) is 23.6. The second-order valence-electron chi connectivity index (χ2n) is 8.77. The lowest BCUT2D eigenvalue weighted by atomic mass is 10.2. The van der Waals surface area contributed by atoms with Crippen molar-refractivity contribution in [2.75, 3.05) is 0 Å². The van der Waals surface area contributed by atoms with Gasteiger partial charge in [0.15, 0.2) is 0 Å². The first kappa shape index (κ1) is 29.9. The van der Waals surface area contributed by atoms with E-state index in [-0.39, 0.29) is 23.8 Å². The molecule has 2 radical (unpaired) electrons. The summed E-state index contributed by atoms with van der Waals surface area (Å²) >= 11 is 0. The van der Waals surface area contributed by atoms with Crippen LogP contribution in [0, 0.1) is 13.2 Å². The van der Waals surface area contributed by atoms with Gasteiger partial charge < -0.3 is 0 Å². The smallest absolute Gasteiger partial charge is 0.289 e. The Hall–Kier alpha value is -3.31. The van der Waals surface area contributed by atoms with Gasteiger partial charge in [0.1, 0.15) is 16.1 Å². The van der Waals surface area contributed by atoms with Crippen molar-refractivity contribution in [1.29, 1.82) is 0 Å². The van der Waals surface area contributed by atoms with Gasteiger partial charge >= 0.3 is 18.2 Å². The molecule has 0 atom stereocenters. The molecule has 0 N–H and O–H groups in total. The minimum Gasteiger partial charge on any atom is -0.289 e. The molecule has 0 aromatic heterocycles. The van der Waals surface area contributed by atoms with Gasteiger partial charge in [-0.2, -0.15) is 0 Å². The molecule has 0 spiro atoms. The first-order valence-electron chi connectivity index (χ1n) is 11.8. The molecule has 0 fully saturated rings. The molecule has 0 aliphatic carbocycles. The standard InChI is InChI=1S/C29H34O6Si2/c1-8-13-14-27(32-34-28(30)23-15-19-25(20-16-23)36(6,9-2)10-3)33-35-29(31)24-17-21-26(22-18-24)37(7,11-4)12-5/h9-12,15-22H,1-5,8,13-14H2,6-7H3. The maximum atomic E-state index is 12.5. The van der Waals surface area contributed by atoms with Crippen LogP contribution in [0.25, 0.3) is 0 Å². The minimum absolute atomic E-state index is 0.171. The van der Waals surface area contributed by atoms with Crippen molar-refractivity contribution < 1.29 is 29.1 Å². The minimum atomic E-state index is -1.99. The van der Waals surface area contributed by atoms with Gasteiger partial charge in [0, 0.05) is 6.42 Å². The van der Waals surface area contributed by atoms with Crippen LogP contribution in [0.3, 0.4) is 0 Å². The van der Waals surface area contributed by atoms with Crippen LogP contribution in [-0.2, 0) is 19.6 Å². The van der Waals surface area contributed by atoms with E-state index < -0.39 is 28.1 Å². The highest BCUT2D eigenvalue weighted by Gasteiger charge is 2.25. The van der Waals surface area contributed by atoms with Gasteiger partial charge in [-0.25, -0.2) is 9.59 Å². The van der Waals surface area contributed by atoms with Crippen LogP contribution in [-0.4, -0.2) is 28.1 Å². The van der Waals surface area contributed by atoms with Crippen LogP contribution in [0.2, 0.25) is 13.1 Å². The first-order valence-corrected chi connectivity index (χ1v) is 17.2. The van der Waals surface area contributed by atoms with E-state index >= 15 is 0 Å². The van der Waals surface area contributed by atoms with Crippen LogP contribution < -0.4 is 10.4 Å². The van der Waals surface area contributed by atoms with E-state index in [2.05, 4.69) is 46.3 Å². The Kier molecular flexibility index (Phi) is 11.2. The second-order valence-corrected chi connectivity index (χ2v) is 16.7. The molecule has 2 rings (SSSR count). The Morgan fingerprint density at radius 1 is 0.676 bits per heavy atom. The van der Waals surface area contributed by atoms with Crippen molar-refractivity contribution >= 4 is 38.5 Å². The first-order chi connectivity index (χ1) is 17.7. The highest BCUT2D eigenvalue weighted by molar-refractivity contribution is 6.99. The molecule has 0 aliphatic heterocycles. The van der Waals surface area contributed by atoms with Crippen molar-refractivity contribution in [1.82, 2.24) is 0 Å². The topological polar surface area (TPSA) is 71.1 Å². The fourth-order valence-electron chi connectivity index (χ4n) is 3.20. The molecule has 0 saturated heterocycles. The van der Waals surface area contributed by atoms with Crippen molar-refractivity contribution in [2.24, 2.45) is 0 Å².